The second-order valence-corrected chi connectivity index (χ2v) is 7.30. The third-order valence-corrected chi connectivity index (χ3v) is 6.26. The molecule has 20 heavy (non-hydrogen) atoms. The molecule has 0 radical (unpaired) electrons. The molecule has 0 saturated heterocycles. The number of Topliss-reactive ketones (excluding diaryl/α,β-unsaturated/α-hetero) is 1. The van der Waals surface area contributed by atoms with E-state index in [1.807, 2.05) is 29.6 Å². The largest absolute Gasteiger partial charge is 0.298 e. The summed E-state index contributed by atoms with van der Waals surface area (Å²) < 4.78 is 1.07. The Balaban J connectivity index is 1.91. The highest BCUT2D eigenvalue weighted by Crippen LogP contribution is 2.43. The van der Waals surface area contributed by atoms with Gasteiger partial charge in [0, 0.05) is 15.8 Å². The molecule has 1 nitrogen and oxygen atoms in total. The summed E-state index contributed by atoms with van der Waals surface area (Å²) in [4.78, 5) is 14.1. The lowest BCUT2D eigenvalue weighted by Crippen LogP contribution is -2.34. The van der Waals surface area contributed by atoms with Crippen LogP contribution in [0.4, 0.5) is 0 Å². The summed E-state index contributed by atoms with van der Waals surface area (Å²) in [7, 11) is 0. The number of carbonyl (C=O) groups is 1. The van der Waals surface area contributed by atoms with Crippen molar-refractivity contribution < 1.29 is 4.79 Å². The van der Waals surface area contributed by atoms with Crippen LogP contribution in [0, 0.1) is 0 Å². The molecular weight excluding hydrogens is 332 g/mol. The van der Waals surface area contributed by atoms with Crippen molar-refractivity contribution in [3.05, 3.63) is 56.7 Å². The molecule has 1 fully saturated rings. The van der Waals surface area contributed by atoms with Gasteiger partial charge >= 0.3 is 0 Å². The summed E-state index contributed by atoms with van der Waals surface area (Å²) in [5, 5.41) is 2.04. The third kappa shape index (κ3) is 2.49. The monoisotopic (exact) mass is 348 g/mol. The van der Waals surface area contributed by atoms with Crippen molar-refractivity contribution in [3.8, 4) is 0 Å². The first kappa shape index (κ1) is 14.0. The molecule has 0 aliphatic heterocycles. The van der Waals surface area contributed by atoms with Gasteiger partial charge in [-0.15, -0.1) is 11.3 Å². The van der Waals surface area contributed by atoms with Crippen LogP contribution in [0.2, 0.25) is 0 Å². The van der Waals surface area contributed by atoms with Crippen LogP contribution in [0.1, 0.15) is 36.1 Å². The molecule has 0 N–H and O–H groups in total. The lowest BCUT2D eigenvalue weighted by atomic mass is 9.74. The Hall–Kier alpha value is -0.930. The van der Waals surface area contributed by atoms with Crippen molar-refractivity contribution >= 4 is 33.0 Å². The Morgan fingerprint density at radius 1 is 1.15 bits per heavy atom. The molecule has 3 heteroatoms. The van der Waals surface area contributed by atoms with Gasteiger partial charge in [-0.2, -0.15) is 0 Å². The third-order valence-electron chi connectivity index (χ3n) is 4.33. The van der Waals surface area contributed by atoms with Crippen LogP contribution in [0.3, 0.4) is 0 Å². The van der Waals surface area contributed by atoms with E-state index in [-0.39, 0.29) is 5.41 Å². The molecule has 104 valence electrons. The minimum absolute atomic E-state index is 0.245. The van der Waals surface area contributed by atoms with Gasteiger partial charge in [-0.3, -0.25) is 4.79 Å². The minimum atomic E-state index is -0.245. The van der Waals surface area contributed by atoms with Crippen LogP contribution in [0.15, 0.2) is 46.3 Å². The second-order valence-electron chi connectivity index (χ2n) is 5.45. The average molecular weight is 349 g/mol. The summed E-state index contributed by atoms with van der Waals surface area (Å²) >= 11 is 5.20. The highest BCUT2D eigenvalue weighted by Gasteiger charge is 2.42. The van der Waals surface area contributed by atoms with Gasteiger partial charge in [0.25, 0.3) is 0 Å². The topological polar surface area (TPSA) is 17.1 Å². The van der Waals surface area contributed by atoms with E-state index in [4.69, 9.17) is 0 Å². The van der Waals surface area contributed by atoms with Crippen molar-refractivity contribution in [3.63, 3.8) is 0 Å². The Bertz CT molecular complexity index is 596. The molecule has 1 saturated carbocycles. The van der Waals surface area contributed by atoms with E-state index in [1.165, 1.54) is 5.56 Å². The first-order valence-electron chi connectivity index (χ1n) is 7.03. The van der Waals surface area contributed by atoms with Gasteiger partial charge in [-0.1, -0.05) is 43.2 Å². The Morgan fingerprint density at radius 3 is 2.45 bits per heavy atom. The van der Waals surface area contributed by atoms with Crippen LogP contribution in [0.25, 0.3) is 0 Å². The first-order valence-corrected chi connectivity index (χ1v) is 8.70. The normalized spacial score (nSPS) is 17.2. The molecule has 2 aromatic rings. The predicted octanol–water partition coefficient (Wildman–Crippen LogP) is 5.13. The molecule has 1 aromatic heterocycles. The maximum Gasteiger partial charge on any atom is 0.148 e. The van der Waals surface area contributed by atoms with E-state index in [0.29, 0.717) is 12.2 Å². The van der Waals surface area contributed by atoms with Gasteiger partial charge in [0.15, 0.2) is 0 Å². The fourth-order valence-corrected chi connectivity index (χ4v) is 4.72. The number of benzene rings is 1. The SMILES string of the molecule is O=C(Cc1sccc1Br)C1(c2ccccc2)CCCC1. The van der Waals surface area contributed by atoms with Crippen LogP contribution in [0.5, 0.6) is 0 Å². The van der Waals surface area contributed by atoms with Crippen molar-refractivity contribution in [2.24, 2.45) is 0 Å². The number of hydrogen-bond acceptors (Lipinski definition) is 2. The van der Waals surface area contributed by atoms with Gasteiger partial charge in [-0.25, -0.2) is 0 Å². The number of halogens is 1. The van der Waals surface area contributed by atoms with Crippen LogP contribution in [-0.2, 0) is 16.6 Å². The van der Waals surface area contributed by atoms with Crippen LogP contribution >= 0.6 is 27.3 Å². The number of thiophene rings is 1. The summed E-state index contributed by atoms with van der Waals surface area (Å²) in [6.45, 7) is 0. The highest BCUT2D eigenvalue weighted by atomic mass is 79.9. The van der Waals surface area contributed by atoms with E-state index in [2.05, 4.69) is 28.1 Å². The standard InChI is InChI=1S/C17H17BrOS/c18-14-8-11-20-15(14)12-16(19)17(9-4-5-10-17)13-6-2-1-3-7-13/h1-3,6-8,11H,4-5,9-10,12H2. The molecule has 0 atom stereocenters. The Morgan fingerprint density at radius 2 is 1.85 bits per heavy atom. The maximum absolute atomic E-state index is 13.0. The second kappa shape index (κ2) is 5.82. The van der Waals surface area contributed by atoms with Crippen LogP contribution < -0.4 is 0 Å². The van der Waals surface area contributed by atoms with E-state index in [9.17, 15) is 4.79 Å². The lowest BCUT2D eigenvalue weighted by Gasteiger charge is -2.28. The molecule has 0 bridgehead atoms. The number of ketones is 1. The summed E-state index contributed by atoms with van der Waals surface area (Å²) in [6, 6.07) is 12.4. The maximum atomic E-state index is 13.0. The zero-order valence-electron chi connectivity index (χ0n) is 11.3. The number of hydrogen-bond donors (Lipinski definition) is 0. The minimum Gasteiger partial charge on any atom is -0.298 e. The fraction of sp³-hybridized carbons (Fsp3) is 0.353. The quantitative estimate of drug-likeness (QED) is 0.747. The molecule has 1 aromatic carbocycles. The molecular formula is C17H17BrOS. The van der Waals surface area contributed by atoms with Gasteiger partial charge in [0.2, 0.25) is 0 Å². The average Bonchev–Trinajstić information content (AvgIpc) is 3.11. The molecule has 3 rings (SSSR count). The van der Waals surface area contributed by atoms with Gasteiger partial charge in [-0.05, 0) is 45.8 Å². The summed E-state index contributed by atoms with van der Waals surface area (Å²) in [5.74, 6) is 0.379. The van der Waals surface area contributed by atoms with Gasteiger partial charge in [0.05, 0.1) is 5.41 Å². The van der Waals surface area contributed by atoms with Crippen molar-refractivity contribution in [2.75, 3.05) is 0 Å². The van der Waals surface area contributed by atoms with E-state index >= 15 is 0 Å². The summed E-state index contributed by atoms with van der Waals surface area (Å²) in [6.07, 6.45) is 4.86. The van der Waals surface area contributed by atoms with Crippen LogP contribution in [-0.4, -0.2) is 5.78 Å². The zero-order valence-corrected chi connectivity index (χ0v) is 13.7. The predicted molar refractivity (Wildman–Crippen MR) is 87.3 cm³/mol. The highest BCUT2D eigenvalue weighted by molar-refractivity contribution is 9.10. The van der Waals surface area contributed by atoms with Crippen molar-refractivity contribution in [1.29, 1.82) is 0 Å². The molecule has 1 heterocycles. The Kier molecular flexibility index (Phi) is 4.08. The lowest BCUT2D eigenvalue weighted by molar-refractivity contribution is -0.123. The number of rotatable bonds is 4. The first-order chi connectivity index (χ1) is 9.72. The fourth-order valence-electron chi connectivity index (χ4n) is 3.23. The van der Waals surface area contributed by atoms with Gasteiger partial charge < -0.3 is 0 Å². The van der Waals surface area contributed by atoms with E-state index < -0.39 is 0 Å². The van der Waals surface area contributed by atoms with Gasteiger partial charge in [0.1, 0.15) is 5.78 Å². The van der Waals surface area contributed by atoms with E-state index in [0.717, 1.165) is 35.0 Å². The van der Waals surface area contributed by atoms with Crippen molar-refractivity contribution in [1.82, 2.24) is 0 Å². The number of carbonyl (C=O) groups excluding carboxylic acids is 1. The molecule has 0 unspecified atom stereocenters. The Labute approximate surface area is 132 Å². The molecule has 0 spiro atoms. The molecule has 1 aliphatic carbocycles. The molecule has 0 amide bonds. The summed E-state index contributed by atoms with van der Waals surface area (Å²) in [5.41, 5.74) is 0.959. The van der Waals surface area contributed by atoms with E-state index in [1.54, 1.807) is 11.3 Å². The molecule has 1 aliphatic rings. The van der Waals surface area contributed by atoms with Crippen molar-refractivity contribution in [2.45, 2.75) is 37.5 Å². The zero-order chi connectivity index (χ0) is 14.0. The smallest absolute Gasteiger partial charge is 0.148 e.